The number of hydrogen-bond donors (Lipinski definition) is 3. The summed E-state index contributed by atoms with van der Waals surface area (Å²) in [6, 6.07) is -1.03. The van der Waals surface area contributed by atoms with E-state index in [2.05, 4.69) is 5.32 Å². The lowest BCUT2D eigenvalue weighted by molar-refractivity contribution is -0.133. The number of carbonyl (C=O) groups excluding carboxylic acids is 2. The third kappa shape index (κ3) is 10.1. The van der Waals surface area contributed by atoms with Crippen molar-refractivity contribution in [2.24, 2.45) is 0 Å². The van der Waals surface area contributed by atoms with E-state index in [1.807, 2.05) is 5.43 Å². The first-order valence-corrected chi connectivity index (χ1v) is 5.50. The summed E-state index contributed by atoms with van der Waals surface area (Å²) in [6.07, 6.45) is -5.26. The molecule has 3 N–H and O–H groups in total. The highest BCUT2D eigenvalue weighted by Gasteiger charge is 2.27. The number of alkyl carbamates (subject to hydrolysis) is 1. The van der Waals surface area contributed by atoms with Crippen LogP contribution in [0.15, 0.2) is 0 Å². The molecule has 0 aromatic heterocycles. The van der Waals surface area contributed by atoms with E-state index in [9.17, 15) is 22.8 Å². The molecule has 2 amide bonds. The molecule has 0 heterocycles. The van der Waals surface area contributed by atoms with E-state index in [-0.39, 0.29) is 0 Å². The molecule has 1 unspecified atom stereocenters. The van der Waals surface area contributed by atoms with Crippen molar-refractivity contribution in [2.75, 3.05) is 6.54 Å². The molecule has 0 aliphatic carbocycles. The van der Waals surface area contributed by atoms with Gasteiger partial charge in [0.2, 0.25) is 0 Å². The van der Waals surface area contributed by atoms with Crippen molar-refractivity contribution in [1.29, 1.82) is 0 Å². The Balaban J connectivity index is 4.04. The molecular formula is C10H18F3N3O3. The summed E-state index contributed by atoms with van der Waals surface area (Å²) >= 11 is 0. The lowest BCUT2D eigenvalue weighted by Crippen LogP contribution is -2.51. The number of carbonyl (C=O) groups is 2. The molecule has 0 saturated carbocycles. The topological polar surface area (TPSA) is 79.5 Å². The van der Waals surface area contributed by atoms with E-state index in [0.29, 0.717) is 0 Å². The number of hydrazine groups is 1. The molecule has 0 rings (SSSR count). The molecule has 0 fully saturated rings. The SMILES string of the molecule is CC(NC(=O)OC(C)(C)C)C(=O)NNCC(F)(F)F. The lowest BCUT2D eigenvalue weighted by atomic mass is 10.2. The van der Waals surface area contributed by atoms with E-state index in [1.165, 1.54) is 6.92 Å². The van der Waals surface area contributed by atoms with Crippen LogP contribution in [0.4, 0.5) is 18.0 Å². The van der Waals surface area contributed by atoms with E-state index in [0.717, 1.165) is 0 Å². The van der Waals surface area contributed by atoms with Gasteiger partial charge in [0.25, 0.3) is 5.91 Å². The minimum atomic E-state index is -4.44. The first-order valence-electron chi connectivity index (χ1n) is 5.50. The molecule has 112 valence electrons. The average Bonchev–Trinajstić information content (AvgIpc) is 2.11. The van der Waals surface area contributed by atoms with Gasteiger partial charge in [0, 0.05) is 0 Å². The van der Waals surface area contributed by atoms with Crippen molar-refractivity contribution in [3.05, 3.63) is 0 Å². The molecule has 0 saturated heterocycles. The van der Waals surface area contributed by atoms with Crippen LogP contribution in [0.2, 0.25) is 0 Å². The zero-order chi connectivity index (χ0) is 15.3. The number of halogens is 3. The fourth-order valence-electron chi connectivity index (χ4n) is 0.890. The van der Waals surface area contributed by atoms with Crippen molar-refractivity contribution in [2.45, 2.75) is 45.5 Å². The van der Waals surface area contributed by atoms with E-state index < -0.39 is 36.4 Å². The molecule has 0 aromatic carbocycles. The third-order valence-electron chi connectivity index (χ3n) is 1.63. The Morgan fingerprint density at radius 2 is 1.74 bits per heavy atom. The fraction of sp³-hybridized carbons (Fsp3) is 0.800. The van der Waals surface area contributed by atoms with Gasteiger partial charge in [-0.3, -0.25) is 10.2 Å². The van der Waals surface area contributed by atoms with E-state index >= 15 is 0 Å². The van der Waals surface area contributed by atoms with Crippen LogP contribution in [0, 0.1) is 0 Å². The minimum Gasteiger partial charge on any atom is -0.444 e. The predicted molar refractivity (Wildman–Crippen MR) is 61.0 cm³/mol. The number of hydrogen-bond acceptors (Lipinski definition) is 4. The van der Waals surface area contributed by atoms with Crippen LogP contribution in [-0.4, -0.2) is 36.4 Å². The minimum absolute atomic E-state index is 0.727. The number of nitrogens with one attached hydrogen (secondary N) is 3. The van der Waals surface area contributed by atoms with E-state index in [4.69, 9.17) is 4.74 Å². The zero-order valence-corrected chi connectivity index (χ0v) is 11.1. The standard InChI is InChI=1S/C10H18F3N3O3/c1-6(15-8(18)19-9(2,3)4)7(17)16-14-5-10(11,12)13/h6,14H,5H2,1-4H3,(H,15,18)(H,16,17). The highest BCUT2D eigenvalue weighted by Crippen LogP contribution is 2.11. The molecule has 0 aromatic rings. The Kier molecular flexibility index (Phi) is 6.07. The molecule has 1 atom stereocenters. The Morgan fingerprint density at radius 1 is 1.21 bits per heavy atom. The maximum atomic E-state index is 11.8. The Labute approximate surface area is 109 Å². The number of ether oxygens (including phenoxy) is 1. The third-order valence-corrected chi connectivity index (χ3v) is 1.63. The summed E-state index contributed by atoms with van der Waals surface area (Å²) in [4.78, 5) is 22.6. The fourth-order valence-corrected chi connectivity index (χ4v) is 0.890. The van der Waals surface area contributed by atoms with Gasteiger partial charge in [-0.25, -0.2) is 10.2 Å². The van der Waals surface area contributed by atoms with Gasteiger partial charge >= 0.3 is 12.3 Å². The second-order valence-electron chi connectivity index (χ2n) is 4.83. The second-order valence-corrected chi connectivity index (χ2v) is 4.83. The number of amides is 2. The van der Waals surface area contributed by atoms with Gasteiger partial charge in [-0.15, -0.1) is 0 Å². The number of alkyl halides is 3. The Morgan fingerprint density at radius 3 is 2.16 bits per heavy atom. The monoisotopic (exact) mass is 285 g/mol. The van der Waals surface area contributed by atoms with Crippen molar-refractivity contribution < 1.29 is 27.5 Å². The van der Waals surface area contributed by atoms with Crippen LogP contribution < -0.4 is 16.2 Å². The molecule has 0 radical (unpaired) electrons. The molecule has 9 heteroatoms. The van der Waals surface area contributed by atoms with Gasteiger partial charge in [0.05, 0.1) is 0 Å². The Hall–Kier alpha value is -1.51. The molecule has 0 aliphatic rings. The van der Waals surface area contributed by atoms with Gasteiger partial charge in [0.1, 0.15) is 18.2 Å². The smallest absolute Gasteiger partial charge is 0.408 e. The molecule has 6 nitrogen and oxygen atoms in total. The molecule has 0 bridgehead atoms. The lowest BCUT2D eigenvalue weighted by Gasteiger charge is -2.21. The summed E-state index contributed by atoms with van der Waals surface area (Å²) in [6.45, 7) is 4.87. The summed E-state index contributed by atoms with van der Waals surface area (Å²) in [7, 11) is 0. The van der Waals surface area contributed by atoms with Crippen LogP contribution in [0.3, 0.4) is 0 Å². The summed E-state index contributed by atoms with van der Waals surface area (Å²) in [5.41, 5.74) is 2.81. The molecule has 0 spiro atoms. The van der Waals surface area contributed by atoms with Crippen molar-refractivity contribution in [3.63, 3.8) is 0 Å². The van der Waals surface area contributed by atoms with Gasteiger partial charge < -0.3 is 10.1 Å². The maximum absolute atomic E-state index is 11.8. The zero-order valence-electron chi connectivity index (χ0n) is 11.1. The summed E-state index contributed by atoms with van der Waals surface area (Å²) < 4.78 is 40.3. The second kappa shape index (κ2) is 6.60. The van der Waals surface area contributed by atoms with Gasteiger partial charge in [-0.2, -0.15) is 13.2 Å². The number of rotatable bonds is 4. The van der Waals surface area contributed by atoms with Crippen LogP contribution in [0.5, 0.6) is 0 Å². The normalized spacial score (nSPS) is 13.6. The van der Waals surface area contributed by atoms with Crippen LogP contribution in [0.1, 0.15) is 27.7 Å². The summed E-state index contributed by atoms with van der Waals surface area (Å²) in [5.74, 6) is -0.810. The van der Waals surface area contributed by atoms with Crippen LogP contribution >= 0.6 is 0 Å². The average molecular weight is 285 g/mol. The highest BCUT2D eigenvalue weighted by molar-refractivity contribution is 5.84. The quantitative estimate of drug-likeness (QED) is 0.675. The van der Waals surface area contributed by atoms with E-state index in [1.54, 1.807) is 26.2 Å². The van der Waals surface area contributed by atoms with Crippen LogP contribution in [0.25, 0.3) is 0 Å². The van der Waals surface area contributed by atoms with Gasteiger partial charge in [0.15, 0.2) is 0 Å². The largest absolute Gasteiger partial charge is 0.444 e. The highest BCUT2D eigenvalue weighted by atomic mass is 19.4. The molecule has 0 aliphatic heterocycles. The summed E-state index contributed by atoms with van der Waals surface area (Å²) in [5, 5.41) is 2.19. The maximum Gasteiger partial charge on any atom is 0.408 e. The predicted octanol–water partition coefficient (Wildman–Crippen LogP) is 1.08. The molecule has 19 heavy (non-hydrogen) atoms. The van der Waals surface area contributed by atoms with Gasteiger partial charge in [-0.1, -0.05) is 0 Å². The van der Waals surface area contributed by atoms with Crippen molar-refractivity contribution >= 4 is 12.0 Å². The first kappa shape index (κ1) is 17.5. The van der Waals surface area contributed by atoms with Crippen LogP contribution in [-0.2, 0) is 9.53 Å². The Bertz CT molecular complexity index is 326. The van der Waals surface area contributed by atoms with Crippen molar-refractivity contribution in [1.82, 2.24) is 16.2 Å². The van der Waals surface area contributed by atoms with Gasteiger partial charge in [-0.05, 0) is 27.7 Å². The molecular weight excluding hydrogens is 267 g/mol. The first-order chi connectivity index (χ1) is 8.41. The van der Waals surface area contributed by atoms with Crippen molar-refractivity contribution in [3.8, 4) is 0 Å².